The normalized spacial score (nSPS) is 20.2. The van der Waals surface area contributed by atoms with Crippen molar-refractivity contribution in [3.63, 3.8) is 0 Å². The minimum absolute atomic E-state index is 0.232. The number of nitrogens with zero attached hydrogens (tertiary/aromatic N) is 4. The van der Waals surface area contributed by atoms with Crippen LogP contribution in [-0.4, -0.2) is 61.6 Å². The number of ether oxygens (including phenoxy) is 2. The number of anilines is 2. The average Bonchev–Trinajstić information content (AvgIpc) is 2.91. The zero-order valence-corrected chi connectivity index (χ0v) is 15.4. The predicted octanol–water partition coefficient (Wildman–Crippen LogP) is 1.79. The highest BCUT2D eigenvalue weighted by Gasteiger charge is 2.31. The molecule has 9 heteroatoms. The van der Waals surface area contributed by atoms with Crippen LogP contribution >= 0.6 is 0 Å². The van der Waals surface area contributed by atoms with Crippen molar-refractivity contribution >= 4 is 17.7 Å². The first-order valence-corrected chi connectivity index (χ1v) is 9.28. The van der Waals surface area contributed by atoms with Crippen LogP contribution in [0, 0.1) is 5.82 Å². The van der Waals surface area contributed by atoms with Crippen molar-refractivity contribution in [2.45, 2.75) is 12.5 Å². The maximum absolute atomic E-state index is 14.7. The van der Waals surface area contributed by atoms with E-state index in [9.17, 15) is 9.18 Å². The molecule has 2 aliphatic rings. The highest BCUT2D eigenvalue weighted by molar-refractivity contribution is 5.90. The van der Waals surface area contributed by atoms with Crippen molar-refractivity contribution in [3.05, 3.63) is 36.4 Å². The molecule has 0 radical (unpaired) electrons. The van der Waals surface area contributed by atoms with Gasteiger partial charge in [-0.25, -0.2) is 19.2 Å². The first-order valence-electron chi connectivity index (χ1n) is 9.28. The fraction of sp³-hybridized carbons (Fsp3) is 0.421. The average molecular weight is 387 g/mol. The molecule has 0 bridgehead atoms. The third-order valence-corrected chi connectivity index (χ3v) is 4.86. The number of carbonyl (C=O) groups is 1. The van der Waals surface area contributed by atoms with Gasteiger partial charge in [-0.2, -0.15) is 0 Å². The second-order valence-corrected chi connectivity index (χ2v) is 6.74. The van der Waals surface area contributed by atoms with Gasteiger partial charge in [0.25, 0.3) is 0 Å². The summed E-state index contributed by atoms with van der Waals surface area (Å²) in [7, 11) is 0. The van der Waals surface area contributed by atoms with Gasteiger partial charge in [-0.1, -0.05) is 0 Å². The van der Waals surface area contributed by atoms with Crippen LogP contribution in [0.1, 0.15) is 6.42 Å². The maximum atomic E-state index is 14.7. The van der Waals surface area contributed by atoms with E-state index in [-0.39, 0.29) is 12.6 Å². The second kappa shape index (κ2) is 8.07. The molecule has 1 aromatic carbocycles. The molecule has 0 spiro atoms. The molecular weight excluding hydrogens is 365 g/mol. The number of aromatic nitrogens is 2. The Bertz CT molecular complexity index is 840. The van der Waals surface area contributed by atoms with E-state index in [0.717, 1.165) is 26.1 Å². The van der Waals surface area contributed by atoms with Crippen LogP contribution < -0.4 is 15.5 Å². The first-order chi connectivity index (χ1) is 13.7. The van der Waals surface area contributed by atoms with Crippen LogP contribution in [0.4, 0.5) is 20.8 Å². The number of amides is 1. The molecular formula is C19H22FN5O3. The van der Waals surface area contributed by atoms with Crippen LogP contribution in [0.2, 0.25) is 0 Å². The zero-order chi connectivity index (χ0) is 19.5. The SMILES string of the molecule is NCC1CN(c2ccc(-c3cnc(N4CCCOCC4)nc3)c(F)c2)C(=O)O1. The lowest BCUT2D eigenvalue weighted by Gasteiger charge is -2.19. The van der Waals surface area contributed by atoms with Gasteiger partial charge in [0.15, 0.2) is 0 Å². The number of rotatable bonds is 4. The third-order valence-electron chi connectivity index (χ3n) is 4.86. The molecule has 2 N–H and O–H groups in total. The molecule has 0 aliphatic carbocycles. The zero-order valence-electron chi connectivity index (χ0n) is 15.4. The van der Waals surface area contributed by atoms with Gasteiger partial charge >= 0.3 is 6.09 Å². The van der Waals surface area contributed by atoms with E-state index in [1.54, 1.807) is 24.5 Å². The van der Waals surface area contributed by atoms with E-state index < -0.39 is 11.9 Å². The maximum Gasteiger partial charge on any atom is 0.414 e. The monoisotopic (exact) mass is 387 g/mol. The molecule has 3 heterocycles. The van der Waals surface area contributed by atoms with Gasteiger partial charge in [0, 0.05) is 49.8 Å². The summed E-state index contributed by atoms with van der Waals surface area (Å²) in [6.45, 7) is 3.49. The Morgan fingerprint density at radius 3 is 2.75 bits per heavy atom. The molecule has 8 nitrogen and oxygen atoms in total. The smallest absolute Gasteiger partial charge is 0.414 e. The Kier molecular flexibility index (Phi) is 5.36. The lowest BCUT2D eigenvalue weighted by molar-refractivity contribution is 0.145. The molecule has 0 saturated carbocycles. The molecule has 28 heavy (non-hydrogen) atoms. The molecule has 2 saturated heterocycles. The van der Waals surface area contributed by atoms with Gasteiger partial charge in [-0.15, -0.1) is 0 Å². The largest absolute Gasteiger partial charge is 0.443 e. The summed E-state index contributed by atoms with van der Waals surface area (Å²) >= 11 is 0. The van der Waals surface area contributed by atoms with E-state index in [2.05, 4.69) is 14.9 Å². The fourth-order valence-corrected chi connectivity index (χ4v) is 3.33. The van der Waals surface area contributed by atoms with Crippen LogP contribution in [0.3, 0.4) is 0 Å². The Morgan fingerprint density at radius 2 is 2.04 bits per heavy atom. The number of nitrogens with two attached hydrogens (primary N) is 1. The summed E-state index contributed by atoms with van der Waals surface area (Å²) < 4.78 is 25.3. The summed E-state index contributed by atoms with van der Waals surface area (Å²) in [6.07, 6.45) is 3.25. The van der Waals surface area contributed by atoms with Gasteiger partial charge in [-0.3, -0.25) is 4.90 Å². The van der Waals surface area contributed by atoms with Crippen molar-refractivity contribution in [1.82, 2.24) is 9.97 Å². The van der Waals surface area contributed by atoms with E-state index in [1.165, 1.54) is 11.0 Å². The third kappa shape index (κ3) is 3.76. The van der Waals surface area contributed by atoms with Crippen molar-refractivity contribution in [2.75, 3.05) is 49.2 Å². The Labute approximate surface area is 162 Å². The van der Waals surface area contributed by atoms with Gasteiger partial charge in [0.1, 0.15) is 11.9 Å². The van der Waals surface area contributed by atoms with Crippen molar-refractivity contribution in [1.29, 1.82) is 0 Å². The number of cyclic esters (lactones) is 1. The molecule has 148 valence electrons. The molecule has 2 fully saturated rings. The lowest BCUT2D eigenvalue weighted by atomic mass is 10.1. The molecule has 2 aliphatic heterocycles. The summed E-state index contributed by atoms with van der Waals surface area (Å²) in [5, 5.41) is 0. The number of halogens is 1. The highest BCUT2D eigenvalue weighted by atomic mass is 19.1. The molecule has 2 aromatic rings. The Balaban J connectivity index is 1.52. The lowest BCUT2D eigenvalue weighted by Crippen LogP contribution is -2.27. The van der Waals surface area contributed by atoms with Crippen molar-refractivity contribution < 1.29 is 18.7 Å². The standard InChI is InChI=1S/C19H22FN5O3/c20-17-8-14(25-12-15(9-21)28-19(25)26)2-3-16(17)13-10-22-18(23-11-13)24-4-1-6-27-7-5-24/h2-3,8,10-11,15H,1,4-7,9,12,21H2. The quantitative estimate of drug-likeness (QED) is 0.855. The van der Waals surface area contributed by atoms with Crippen LogP contribution in [-0.2, 0) is 9.47 Å². The second-order valence-electron chi connectivity index (χ2n) is 6.74. The van der Waals surface area contributed by atoms with Crippen molar-refractivity contribution in [2.24, 2.45) is 5.73 Å². The Hall–Kier alpha value is -2.78. The molecule has 1 aromatic heterocycles. The summed E-state index contributed by atoms with van der Waals surface area (Å²) in [5.74, 6) is 0.153. The van der Waals surface area contributed by atoms with Crippen LogP contribution in [0.25, 0.3) is 11.1 Å². The topological polar surface area (TPSA) is 93.8 Å². The highest BCUT2D eigenvalue weighted by Crippen LogP contribution is 2.29. The van der Waals surface area contributed by atoms with E-state index >= 15 is 0 Å². The minimum Gasteiger partial charge on any atom is -0.443 e. The number of hydrogen-bond donors (Lipinski definition) is 1. The molecule has 1 atom stereocenters. The van der Waals surface area contributed by atoms with Crippen molar-refractivity contribution in [3.8, 4) is 11.1 Å². The van der Waals surface area contributed by atoms with Crippen LogP contribution in [0.15, 0.2) is 30.6 Å². The number of hydrogen-bond acceptors (Lipinski definition) is 7. The molecule has 1 unspecified atom stereocenters. The summed E-state index contributed by atoms with van der Waals surface area (Å²) in [4.78, 5) is 24.1. The van der Waals surface area contributed by atoms with E-state index in [4.69, 9.17) is 15.2 Å². The van der Waals surface area contributed by atoms with Crippen LogP contribution in [0.5, 0.6) is 0 Å². The Morgan fingerprint density at radius 1 is 1.21 bits per heavy atom. The number of benzene rings is 1. The summed E-state index contributed by atoms with van der Waals surface area (Å²) in [5.41, 5.74) is 6.92. The number of carbonyl (C=O) groups excluding carboxylic acids is 1. The summed E-state index contributed by atoms with van der Waals surface area (Å²) in [6, 6.07) is 4.61. The van der Waals surface area contributed by atoms with Gasteiger partial charge in [0.2, 0.25) is 5.95 Å². The fourth-order valence-electron chi connectivity index (χ4n) is 3.33. The minimum atomic E-state index is -0.517. The van der Waals surface area contributed by atoms with Gasteiger partial charge in [-0.05, 0) is 24.6 Å². The van der Waals surface area contributed by atoms with Gasteiger partial charge < -0.3 is 20.1 Å². The van der Waals surface area contributed by atoms with E-state index in [1.807, 2.05) is 0 Å². The van der Waals surface area contributed by atoms with Gasteiger partial charge in [0.05, 0.1) is 18.8 Å². The predicted molar refractivity (Wildman–Crippen MR) is 102 cm³/mol. The first kappa shape index (κ1) is 18.6. The molecule has 4 rings (SSSR count). The molecule has 1 amide bonds. The van der Waals surface area contributed by atoms with E-state index in [0.29, 0.717) is 35.9 Å².